The predicted molar refractivity (Wildman–Crippen MR) is 69.8 cm³/mol. The monoisotopic (exact) mass is 238 g/mol. The third-order valence-corrected chi connectivity index (χ3v) is 4.35. The number of hydrogen-bond acceptors (Lipinski definition) is 2. The van der Waals surface area contributed by atoms with E-state index in [0.29, 0.717) is 11.8 Å². The smallest absolute Gasteiger partial charge is 0.222 e. The summed E-state index contributed by atoms with van der Waals surface area (Å²) < 4.78 is 0. The molecule has 3 nitrogen and oxygen atoms in total. The molecule has 1 amide bonds. The summed E-state index contributed by atoms with van der Waals surface area (Å²) >= 11 is 0. The Hall–Kier alpha value is -0.570. The third kappa shape index (κ3) is 3.98. The Morgan fingerprint density at radius 1 is 1.29 bits per heavy atom. The molecule has 1 aliphatic carbocycles. The SMILES string of the molecule is CN(CC1CCNC1)C(=O)CCCC1CCC1. The van der Waals surface area contributed by atoms with Crippen LogP contribution >= 0.6 is 0 Å². The summed E-state index contributed by atoms with van der Waals surface area (Å²) in [5, 5.41) is 3.35. The molecular weight excluding hydrogens is 212 g/mol. The van der Waals surface area contributed by atoms with Crippen LogP contribution in [-0.4, -0.2) is 37.5 Å². The van der Waals surface area contributed by atoms with Crippen molar-refractivity contribution in [3.05, 3.63) is 0 Å². The van der Waals surface area contributed by atoms with Gasteiger partial charge in [-0.15, -0.1) is 0 Å². The number of amides is 1. The van der Waals surface area contributed by atoms with E-state index in [1.807, 2.05) is 11.9 Å². The van der Waals surface area contributed by atoms with Gasteiger partial charge in [-0.3, -0.25) is 4.79 Å². The topological polar surface area (TPSA) is 32.3 Å². The Kier molecular flexibility index (Phi) is 4.84. The maximum absolute atomic E-state index is 11.9. The van der Waals surface area contributed by atoms with E-state index in [4.69, 9.17) is 0 Å². The zero-order valence-electron chi connectivity index (χ0n) is 11.1. The van der Waals surface area contributed by atoms with Gasteiger partial charge in [0.2, 0.25) is 5.91 Å². The highest BCUT2D eigenvalue weighted by molar-refractivity contribution is 5.75. The lowest BCUT2D eigenvalue weighted by Crippen LogP contribution is -2.32. The van der Waals surface area contributed by atoms with Crippen LogP contribution in [0.15, 0.2) is 0 Å². The third-order valence-electron chi connectivity index (χ3n) is 4.35. The maximum atomic E-state index is 11.9. The van der Waals surface area contributed by atoms with Crippen LogP contribution in [0.2, 0.25) is 0 Å². The van der Waals surface area contributed by atoms with Crippen LogP contribution in [0.25, 0.3) is 0 Å². The van der Waals surface area contributed by atoms with Gasteiger partial charge in [0, 0.05) is 20.0 Å². The molecule has 0 aromatic heterocycles. The summed E-state index contributed by atoms with van der Waals surface area (Å²) in [6.07, 6.45) is 8.55. The van der Waals surface area contributed by atoms with Gasteiger partial charge in [0.15, 0.2) is 0 Å². The average Bonchev–Trinajstić information content (AvgIpc) is 2.74. The molecule has 1 saturated heterocycles. The van der Waals surface area contributed by atoms with Gasteiger partial charge in [-0.1, -0.05) is 19.3 Å². The van der Waals surface area contributed by atoms with Crippen molar-refractivity contribution in [3.8, 4) is 0 Å². The van der Waals surface area contributed by atoms with Crippen LogP contribution in [0, 0.1) is 11.8 Å². The Bertz CT molecular complexity index is 245. The van der Waals surface area contributed by atoms with E-state index in [-0.39, 0.29) is 0 Å². The summed E-state index contributed by atoms with van der Waals surface area (Å²) in [7, 11) is 1.96. The molecule has 2 fully saturated rings. The molecule has 0 bridgehead atoms. The lowest BCUT2D eigenvalue weighted by atomic mass is 9.82. The van der Waals surface area contributed by atoms with Gasteiger partial charge in [0.05, 0.1) is 0 Å². The highest BCUT2D eigenvalue weighted by Crippen LogP contribution is 2.30. The molecular formula is C14H26N2O. The van der Waals surface area contributed by atoms with Crippen LogP contribution in [0.5, 0.6) is 0 Å². The second kappa shape index (κ2) is 6.39. The zero-order valence-corrected chi connectivity index (χ0v) is 11.1. The molecule has 0 spiro atoms. The van der Waals surface area contributed by atoms with Crippen LogP contribution in [-0.2, 0) is 4.79 Å². The second-order valence-corrected chi connectivity index (χ2v) is 5.82. The van der Waals surface area contributed by atoms with Crippen molar-refractivity contribution in [2.75, 3.05) is 26.7 Å². The first kappa shape index (κ1) is 12.9. The summed E-state index contributed by atoms with van der Waals surface area (Å²) in [5.74, 6) is 1.96. The average molecular weight is 238 g/mol. The maximum Gasteiger partial charge on any atom is 0.222 e. The Balaban J connectivity index is 1.57. The van der Waals surface area contributed by atoms with Crippen LogP contribution in [0.1, 0.15) is 44.9 Å². The van der Waals surface area contributed by atoms with Crippen molar-refractivity contribution in [1.82, 2.24) is 10.2 Å². The van der Waals surface area contributed by atoms with Crippen molar-refractivity contribution in [3.63, 3.8) is 0 Å². The van der Waals surface area contributed by atoms with E-state index >= 15 is 0 Å². The van der Waals surface area contributed by atoms with Gasteiger partial charge in [0.1, 0.15) is 0 Å². The highest BCUT2D eigenvalue weighted by atomic mass is 16.2. The first-order chi connectivity index (χ1) is 8.25. The molecule has 0 aromatic carbocycles. The van der Waals surface area contributed by atoms with Crippen LogP contribution in [0.4, 0.5) is 0 Å². The fourth-order valence-electron chi connectivity index (χ4n) is 2.87. The van der Waals surface area contributed by atoms with Crippen molar-refractivity contribution in [1.29, 1.82) is 0 Å². The predicted octanol–water partition coefficient (Wildman–Crippen LogP) is 2.02. The molecule has 2 aliphatic rings. The standard InChI is InChI=1S/C14H26N2O/c1-16(11-13-8-9-15-10-13)14(17)7-3-6-12-4-2-5-12/h12-13,15H,2-11H2,1H3. The summed E-state index contributed by atoms with van der Waals surface area (Å²) in [6.45, 7) is 3.14. The molecule has 0 aromatic rings. The number of rotatable bonds is 6. The Labute approximate surface area is 105 Å². The largest absolute Gasteiger partial charge is 0.345 e. The molecule has 1 N–H and O–H groups in total. The van der Waals surface area contributed by atoms with Crippen molar-refractivity contribution >= 4 is 5.91 Å². The molecule has 2 rings (SSSR count). The quantitative estimate of drug-likeness (QED) is 0.768. The van der Waals surface area contributed by atoms with Gasteiger partial charge < -0.3 is 10.2 Å². The normalized spacial score (nSPS) is 24.6. The van der Waals surface area contributed by atoms with E-state index < -0.39 is 0 Å². The van der Waals surface area contributed by atoms with Gasteiger partial charge >= 0.3 is 0 Å². The number of carbonyl (C=O) groups is 1. The Morgan fingerprint density at radius 2 is 2.12 bits per heavy atom. The molecule has 1 aliphatic heterocycles. The fourth-order valence-corrected chi connectivity index (χ4v) is 2.87. The second-order valence-electron chi connectivity index (χ2n) is 5.82. The first-order valence-corrected chi connectivity index (χ1v) is 7.20. The highest BCUT2D eigenvalue weighted by Gasteiger charge is 2.20. The summed E-state index contributed by atoms with van der Waals surface area (Å²) in [4.78, 5) is 13.9. The van der Waals surface area contributed by atoms with E-state index in [0.717, 1.165) is 38.4 Å². The van der Waals surface area contributed by atoms with Crippen molar-refractivity contribution in [2.24, 2.45) is 11.8 Å². The lowest BCUT2D eigenvalue weighted by Gasteiger charge is -2.25. The van der Waals surface area contributed by atoms with Gasteiger partial charge in [-0.05, 0) is 44.2 Å². The minimum Gasteiger partial charge on any atom is -0.345 e. The zero-order chi connectivity index (χ0) is 12.1. The molecule has 1 unspecified atom stereocenters. The van der Waals surface area contributed by atoms with Crippen molar-refractivity contribution in [2.45, 2.75) is 44.9 Å². The molecule has 98 valence electrons. The van der Waals surface area contributed by atoms with Gasteiger partial charge in [-0.2, -0.15) is 0 Å². The van der Waals surface area contributed by atoms with Gasteiger partial charge in [-0.25, -0.2) is 0 Å². The fraction of sp³-hybridized carbons (Fsp3) is 0.929. The van der Waals surface area contributed by atoms with Gasteiger partial charge in [0.25, 0.3) is 0 Å². The number of nitrogens with one attached hydrogen (secondary N) is 1. The van der Waals surface area contributed by atoms with Crippen LogP contribution < -0.4 is 5.32 Å². The minimum atomic E-state index is 0.344. The molecule has 3 heteroatoms. The number of carbonyl (C=O) groups excluding carboxylic acids is 1. The van der Waals surface area contributed by atoms with E-state index in [1.54, 1.807) is 0 Å². The molecule has 17 heavy (non-hydrogen) atoms. The van der Waals surface area contributed by atoms with Crippen LogP contribution in [0.3, 0.4) is 0 Å². The summed E-state index contributed by atoms with van der Waals surface area (Å²) in [6, 6.07) is 0. The van der Waals surface area contributed by atoms with Crippen molar-refractivity contribution < 1.29 is 4.79 Å². The molecule has 1 heterocycles. The van der Waals surface area contributed by atoms with E-state index in [1.165, 1.54) is 32.1 Å². The molecule has 1 atom stereocenters. The molecule has 0 radical (unpaired) electrons. The lowest BCUT2D eigenvalue weighted by molar-refractivity contribution is -0.130. The Morgan fingerprint density at radius 3 is 2.71 bits per heavy atom. The number of hydrogen-bond donors (Lipinski definition) is 1. The molecule has 1 saturated carbocycles. The first-order valence-electron chi connectivity index (χ1n) is 7.20. The minimum absolute atomic E-state index is 0.344. The van der Waals surface area contributed by atoms with E-state index in [9.17, 15) is 4.79 Å². The summed E-state index contributed by atoms with van der Waals surface area (Å²) in [5.41, 5.74) is 0. The number of nitrogens with zero attached hydrogens (tertiary/aromatic N) is 1. The van der Waals surface area contributed by atoms with E-state index in [2.05, 4.69) is 5.32 Å².